The Morgan fingerprint density at radius 2 is 1.68 bits per heavy atom. The van der Waals surface area contributed by atoms with E-state index in [1.165, 1.54) is 6.33 Å². The lowest BCUT2D eigenvalue weighted by Crippen LogP contribution is -2.49. The lowest BCUT2D eigenvalue weighted by molar-refractivity contribution is 0.0557. The molecule has 1 amide bonds. The summed E-state index contributed by atoms with van der Waals surface area (Å²) in [7, 11) is 0. The predicted molar refractivity (Wildman–Crippen MR) is 115 cm³/mol. The minimum absolute atomic E-state index is 0.00232. The predicted octanol–water partition coefficient (Wildman–Crippen LogP) is 1.77. The van der Waals surface area contributed by atoms with E-state index < -0.39 is 0 Å². The highest BCUT2D eigenvalue weighted by Gasteiger charge is 2.31. The third-order valence-corrected chi connectivity index (χ3v) is 6.64. The molecule has 2 fully saturated rings. The Balaban J connectivity index is 1.19. The summed E-state index contributed by atoms with van der Waals surface area (Å²) < 4.78 is 1.84. The first-order valence-electron chi connectivity index (χ1n) is 10.8. The Labute approximate surface area is 179 Å². The summed E-state index contributed by atoms with van der Waals surface area (Å²) in [6.07, 6.45) is 8.30. The summed E-state index contributed by atoms with van der Waals surface area (Å²) in [5, 5.41) is 9.67. The maximum Gasteiger partial charge on any atom is 0.326 e. The summed E-state index contributed by atoms with van der Waals surface area (Å²) in [6.45, 7) is 3.35. The van der Waals surface area contributed by atoms with E-state index in [0.29, 0.717) is 17.1 Å². The van der Waals surface area contributed by atoms with Crippen LogP contribution in [0, 0.1) is 0 Å². The molecule has 0 bridgehead atoms. The standard InChI is InChI=1S/C22H26N6O3/c29-18-1-2-20-19(11-18)25-22(31)28(20)17-5-7-26(8-6-17)16-3-9-27(10-4-16)21(30)15-12-23-14-24-13-15/h1-2,11-14,16-17,29H,3-10H2,(H,25,31). The zero-order valence-electron chi connectivity index (χ0n) is 17.3. The smallest absolute Gasteiger partial charge is 0.326 e. The van der Waals surface area contributed by atoms with Crippen LogP contribution in [-0.2, 0) is 0 Å². The second-order valence-corrected chi connectivity index (χ2v) is 8.42. The van der Waals surface area contributed by atoms with E-state index in [2.05, 4.69) is 19.9 Å². The van der Waals surface area contributed by atoms with E-state index in [1.807, 2.05) is 9.47 Å². The molecule has 162 valence electrons. The number of likely N-dealkylation sites (tertiary alicyclic amines) is 2. The quantitative estimate of drug-likeness (QED) is 0.666. The zero-order chi connectivity index (χ0) is 21.4. The number of hydrogen-bond acceptors (Lipinski definition) is 6. The molecule has 1 aromatic carbocycles. The number of carbonyl (C=O) groups excluding carboxylic acids is 1. The van der Waals surface area contributed by atoms with Crippen LogP contribution in [0.2, 0.25) is 0 Å². The number of nitrogens with one attached hydrogen (secondary N) is 1. The molecule has 31 heavy (non-hydrogen) atoms. The van der Waals surface area contributed by atoms with E-state index in [9.17, 15) is 14.7 Å². The molecule has 5 rings (SSSR count). The number of piperidine rings is 2. The summed E-state index contributed by atoms with van der Waals surface area (Å²) in [5.41, 5.74) is 1.95. The molecule has 2 aromatic heterocycles. The van der Waals surface area contributed by atoms with Crippen LogP contribution in [0.3, 0.4) is 0 Å². The van der Waals surface area contributed by atoms with Crippen LogP contribution < -0.4 is 5.69 Å². The average Bonchev–Trinajstić information content (AvgIpc) is 3.14. The lowest BCUT2D eigenvalue weighted by Gasteiger charge is -2.42. The molecule has 2 aliphatic rings. The molecule has 9 nitrogen and oxygen atoms in total. The number of fused-ring (bicyclic) bond motifs is 1. The molecule has 0 unspecified atom stereocenters. The van der Waals surface area contributed by atoms with Gasteiger partial charge in [0.15, 0.2) is 0 Å². The molecule has 9 heteroatoms. The Bertz CT molecular complexity index is 1130. The topological polar surface area (TPSA) is 107 Å². The molecule has 0 radical (unpaired) electrons. The minimum atomic E-state index is -0.115. The first-order valence-corrected chi connectivity index (χ1v) is 10.8. The van der Waals surface area contributed by atoms with Gasteiger partial charge in [-0.3, -0.25) is 9.36 Å². The maximum absolute atomic E-state index is 12.6. The van der Waals surface area contributed by atoms with Gasteiger partial charge in [-0.05, 0) is 37.8 Å². The summed E-state index contributed by atoms with van der Waals surface area (Å²) >= 11 is 0. The third-order valence-electron chi connectivity index (χ3n) is 6.64. The number of aromatic nitrogens is 4. The number of hydrogen-bond donors (Lipinski definition) is 2. The minimum Gasteiger partial charge on any atom is -0.508 e. The lowest BCUT2D eigenvalue weighted by atomic mass is 9.97. The van der Waals surface area contributed by atoms with Crippen LogP contribution in [0.5, 0.6) is 5.75 Å². The summed E-state index contributed by atoms with van der Waals surface area (Å²) in [4.78, 5) is 40.3. The van der Waals surface area contributed by atoms with E-state index in [0.717, 1.165) is 57.4 Å². The number of aromatic hydroxyl groups is 1. The molecule has 0 aliphatic carbocycles. The van der Waals surface area contributed by atoms with Crippen molar-refractivity contribution in [1.29, 1.82) is 0 Å². The third kappa shape index (κ3) is 3.81. The molecule has 4 heterocycles. The molecule has 0 saturated carbocycles. The first kappa shape index (κ1) is 19.7. The molecule has 3 aromatic rings. The van der Waals surface area contributed by atoms with Gasteiger partial charge in [0.25, 0.3) is 5.91 Å². The van der Waals surface area contributed by atoms with Crippen molar-refractivity contribution in [3.63, 3.8) is 0 Å². The zero-order valence-corrected chi connectivity index (χ0v) is 17.3. The van der Waals surface area contributed by atoms with Gasteiger partial charge >= 0.3 is 5.69 Å². The van der Waals surface area contributed by atoms with Gasteiger partial charge in [-0.1, -0.05) is 0 Å². The SMILES string of the molecule is O=C(c1cncnc1)N1CCC(N2CCC(n3c(=O)[nH]c4cc(O)ccc43)CC2)CC1. The van der Waals surface area contributed by atoms with Crippen LogP contribution in [0.15, 0.2) is 41.7 Å². The fourth-order valence-corrected chi connectivity index (χ4v) is 5.02. The largest absolute Gasteiger partial charge is 0.508 e. The Hall–Kier alpha value is -3.20. The van der Waals surface area contributed by atoms with Crippen molar-refractivity contribution >= 4 is 16.9 Å². The average molecular weight is 422 g/mol. The normalized spacial score (nSPS) is 19.2. The number of nitrogens with zero attached hydrogens (tertiary/aromatic N) is 5. The van der Waals surface area contributed by atoms with Crippen molar-refractivity contribution in [2.45, 2.75) is 37.8 Å². The monoisotopic (exact) mass is 422 g/mol. The van der Waals surface area contributed by atoms with E-state index >= 15 is 0 Å². The molecular weight excluding hydrogens is 396 g/mol. The van der Waals surface area contributed by atoms with Crippen molar-refractivity contribution in [3.8, 4) is 5.75 Å². The van der Waals surface area contributed by atoms with Crippen molar-refractivity contribution in [1.82, 2.24) is 29.3 Å². The van der Waals surface area contributed by atoms with Crippen LogP contribution in [0.1, 0.15) is 42.1 Å². The number of amides is 1. The number of H-pyrrole nitrogens is 1. The van der Waals surface area contributed by atoms with Crippen LogP contribution in [0.25, 0.3) is 11.0 Å². The van der Waals surface area contributed by atoms with Gasteiger partial charge in [-0.15, -0.1) is 0 Å². The molecule has 0 atom stereocenters. The number of benzene rings is 1. The van der Waals surface area contributed by atoms with Gasteiger partial charge in [-0.25, -0.2) is 14.8 Å². The number of phenolic OH excluding ortho intramolecular Hbond substituents is 1. The van der Waals surface area contributed by atoms with Crippen molar-refractivity contribution in [2.75, 3.05) is 26.2 Å². The number of imidazole rings is 1. The molecule has 2 aliphatic heterocycles. The number of phenols is 1. The summed E-state index contributed by atoms with van der Waals surface area (Å²) in [6, 6.07) is 5.64. The van der Waals surface area contributed by atoms with Crippen LogP contribution >= 0.6 is 0 Å². The van der Waals surface area contributed by atoms with Crippen molar-refractivity contribution in [2.24, 2.45) is 0 Å². The number of carbonyl (C=O) groups is 1. The van der Waals surface area contributed by atoms with Gasteiger partial charge < -0.3 is 19.9 Å². The van der Waals surface area contributed by atoms with Gasteiger partial charge in [0.2, 0.25) is 0 Å². The Kier molecular flexibility index (Phi) is 5.19. The fraction of sp³-hybridized carbons (Fsp3) is 0.455. The molecule has 0 spiro atoms. The van der Waals surface area contributed by atoms with Crippen LogP contribution in [0.4, 0.5) is 0 Å². The number of aromatic amines is 1. The Morgan fingerprint density at radius 3 is 2.39 bits per heavy atom. The second kappa shape index (κ2) is 8.14. The second-order valence-electron chi connectivity index (χ2n) is 8.42. The van der Waals surface area contributed by atoms with Gasteiger partial charge in [0, 0.05) is 56.7 Å². The Morgan fingerprint density at radius 1 is 1.00 bits per heavy atom. The molecular formula is C22H26N6O3. The summed E-state index contributed by atoms with van der Waals surface area (Å²) in [5.74, 6) is 0.155. The van der Waals surface area contributed by atoms with Gasteiger partial charge in [0.05, 0.1) is 16.6 Å². The van der Waals surface area contributed by atoms with Crippen LogP contribution in [-0.4, -0.2) is 72.6 Å². The number of rotatable bonds is 3. The van der Waals surface area contributed by atoms with Gasteiger partial charge in [0.1, 0.15) is 12.1 Å². The molecule has 2 saturated heterocycles. The highest BCUT2D eigenvalue weighted by molar-refractivity contribution is 5.93. The molecule has 2 N–H and O–H groups in total. The highest BCUT2D eigenvalue weighted by atomic mass is 16.3. The highest BCUT2D eigenvalue weighted by Crippen LogP contribution is 2.29. The van der Waals surface area contributed by atoms with Crippen molar-refractivity contribution in [3.05, 3.63) is 53.0 Å². The van der Waals surface area contributed by atoms with E-state index in [-0.39, 0.29) is 23.4 Å². The van der Waals surface area contributed by atoms with E-state index in [4.69, 9.17) is 0 Å². The fourth-order valence-electron chi connectivity index (χ4n) is 5.02. The van der Waals surface area contributed by atoms with Crippen molar-refractivity contribution < 1.29 is 9.90 Å². The maximum atomic E-state index is 12.6. The first-order chi connectivity index (χ1) is 15.1. The van der Waals surface area contributed by atoms with E-state index in [1.54, 1.807) is 30.6 Å². The van der Waals surface area contributed by atoms with Gasteiger partial charge in [-0.2, -0.15) is 0 Å².